The van der Waals surface area contributed by atoms with Crippen molar-refractivity contribution in [3.05, 3.63) is 34.1 Å². The lowest BCUT2D eigenvalue weighted by Gasteiger charge is -2.08. The van der Waals surface area contributed by atoms with E-state index in [4.69, 9.17) is 0 Å². The highest BCUT2D eigenvalue weighted by Crippen LogP contribution is 2.16. The van der Waals surface area contributed by atoms with Gasteiger partial charge in [0.25, 0.3) is 0 Å². The molecule has 0 radical (unpaired) electrons. The molecule has 2 nitrogen and oxygen atoms in total. The highest BCUT2D eigenvalue weighted by molar-refractivity contribution is 9.10. The molecule has 0 aliphatic heterocycles. The van der Waals surface area contributed by atoms with Crippen molar-refractivity contribution in [3.63, 3.8) is 0 Å². The molecule has 96 valence electrons. The second-order valence-electron chi connectivity index (χ2n) is 4.39. The Morgan fingerprint density at radius 1 is 1.29 bits per heavy atom. The molecule has 0 aliphatic carbocycles. The minimum atomic E-state index is -0.203. The van der Waals surface area contributed by atoms with Crippen molar-refractivity contribution in [2.24, 2.45) is 0 Å². The number of halogens is 2. The molecule has 0 unspecified atom stereocenters. The van der Waals surface area contributed by atoms with Gasteiger partial charge in [-0.15, -0.1) is 0 Å². The number of hydrogen-bond donors (Lipinski definition) is 2. The smallest absolute Gasteiger partial charge is 0.137 e. The molecule has 0 bridgehead atoms. The molecule has 0 heterocycles. The Bertz CT molecular complexity index is 342. The molecule has 4 heteroatoms. The Morgan fingerprint density at radius 3 is 2.71 bits per heavy atom. The van der Waals surface area contributed by atoms with Gasteiger partial charge in [0.05, 0.1) is 4.47 Å². The van der Waals surface area contributed by atoms with Crippen LogP contribution >= 0.6 is 15.9 Å². The van der Waals surface area contributed by atoms with Gasteiger partial charge in [-0.25, -0.2) is 4.39 Å². The lowest BCUT2D eigenvalue weighted by atomic mass is 10.2. The van der Waals surface area contributed by atoms with Crippen LogP contribution in [0, 0.1) is 5.82 Å². The van der Waals surface area contributed by atoms with E-state index in [1.54, 1.807) is 12.1 Å². The van der Waals surface area contributed by atoms with E-state index < -0.39 is 0 Å². The summed E-state index contributed by atoms with van der Waals surface area (Å²) in [7, 11) is 0. The first kappa shape index (κ1) is 14.6. The van der Waals surface area contributed by atoms with Crippen LogP contribution in [0.5, 0.6) is 0 Å². The standard InChI is InChI=1S/C13H20BrFN2/c1-10(2)17-7-3-6-16-9-11-4-5-12(14)13(15)8-11/h4-5,8,10,16-17H,3,6-7,9H2,1-2H3. The Balaban J connectivity index is 2.16. The molecule has 0 aliphatic rings. The van der Waals surface area contributed by atoms with Crippen LogP contribution in [0.1, 0.15) is 25.8 Å². The van der Waals surface area contributed by atoms with Crippen LogP contribution in [0.2, 0.25) is 0 Å². The average Bonchev–Trinajstić information content (AvgIpc) is 2.27. The summed E-state index contributed by atoms with van der Waals surface area (Å²) >= 11 is 3.14. The first-order valence-electron chi connectivity index (χ1n) is 5.97. The summed E-state index contributed by atoms with van der Waals surface area (Å²) in [6.07, 6.45) is 1.08. The Morgan fingerprint density at radius 2 is 2.06 bits per heavy atom. The van der Waals surface area contributed by atoms with Gasteiger partial charge in [0, 0.05) is 12.6 Å². The van der Waals surface area contributed by atoms with Gasteiger partial charge < -0.3 is 10.6 Å². The zero-order valence-corrected chi connectivity index (χ0v) is 12.0. The van der Waals surface area contributed by atoms with Crippen LogP contribution in [0.15, 0.2) is 22.7 Å². The number of hydrogen-bond acceptors (Lipinski definition) is 2. The summed E-state index contributed by atoms with van der Waals surface area (Å²) in [6.45, 7) is 6.94. The van der Waals surface area contributed by atoms with E-state index in [0.717, 1.165) is 25.1 Å². The SMILES string of the molecule is CC(C)NCCCNCc1ccc(Br)c(F)c1. The minimum Gasteiger partial charge on any atom is -0.314 e. The first-order valence-corrected chi connectivity index (χ1v) is 6.77. The van der Waals surface area contributed by atoms with E-state index in [1.165, 1.54) is 0 Å². The predicted octanol–water partition coefficient (Wildman–Crippen LogP) is 3.07. The second-order valence-corrected chi connectivity index (χ2v) is 5.24. The molecule has 2 N–H and O–H groups in total. The molecule has 0 saturated carbocycles. The molecule has 0 fully saturated rings. The van der Waals surface area contributed by atoms with Gasteiger partial charge in [0.1, 0.15) is 5.82 Å². The molecule has 0 spiro atoms. The summed E-state index contributed by atoms with van der Waals surface area (Å²) in [6, 6.07) is 5.76. The van der Waals surface area contributed by atoms with Crippen molar-refractivity contribution in [1.29, 1.82) is 0 Å². The van der Waals surface area contributed by atoms with Gasteiger partial charge in [-0.2, -0.15) is 0 Å². The van der Waals surface area contributed by atoms with Gasteiger partial charge >= 0.3 is 0 Å². The molecule has 0 aromatic heterocycles. The largest absolute Gasteiger partial charge is 0.314 e. The maximum atomic E-state index is 13.2. The highest BCUT2D eigenvalue weighted by atomic mass is 79.9. The molecule has 17 heavy (non-hydrogen) atoms. The molecule has 1 aromatic rings. The third kappa shape index (κ3) is 6.15. The predicted molar refractivity (Wildman–Crippen MR) is 73.6 cm³/mol. The summed E-state index contributed by atoms with van der Waals surface area (Å²) in [4.78, 5) is 0. The van der Waals surface area contributed by atoms with Crippen molar-refractivity contribution in [2.45, 2.75) is 32.9 Å². The van der Waals surface area contributed by atoms with Gasteiger partial charge in [-0.05, 0) is 53.1 Å². The van der Waals surface area contributed by atoms with E-state index in [-0.39, 0.29) is 5.82 Å². The van der Waals surface area contributed by atoms with E-state index >= 15 is 0 Å². The van der Waals surface area contributed by atoms with E-state index in [9.17, 15) is 4.39 Å². The number of rotatable bonds is 7. The van der Waals surface area contributed by atoms with E-state index in [2.05, 4.69) is 40.4 Å². The maximum Gasteiger partial charge on any atom is 0.137 e. The van der Waals surface area contributed by atoms with Gasteiger partial charge in [0.2, 0.25) is 0 Å². The fourth-order valence-corrected chi connectivity index (χ4v) is 1.73. The van der Waals surface area contributed by atoms with Crippen molar-refractivity contribution in [3.8, 4) is 0 Å². The minimum absolute atomic E-state index is 0.203. The van der Waals surface area contributed by atoms with E-state index in [1.807, 2.05) is 6.07 Å². The zero-order chi connectivity index (χ0) is 12.7. The number of nitrogens with one attached hydrogen (secondary N) is 2. The molecule has 0 amide bonds. The summed E-state index contributed by atoms with van der Waals surface area (Å²) in [5.74, 6) is -0.203. The van der Waals surface area contributed by atoms with Crippen molar-refractivity contribution < 1.29 is 4.39 Å². The fourth-order valence-electron chi connectivity index (χ4n) is 1.49. The van der Waals surface area contributed by atoms with Crippen LogP contribution in [0.25, 0.3) is 0 Å². The molecule has 1 rings (SSSR count). The van der Waals surface area contributed by atoms with Crippen LogP contribution < -0.4 is 10.6 Å². The summed E-state index contributed by atoms with van der Waals surface area (Å²) in [5.41, 5.74) is 0.975. The zero-order valence-electron chi connectivity index (χ0n) is 10.4. The van der Waals surface area contributed by atoms with Crippen LogP contribution in [0.3, 0.4) is 0 Å². The molecule has 0 saturated heterocycles. The van der Waals surface area contributed by atoms with Gasteiger partial charge in [-0.3, -0.25) is 0 Å². The maximum absolute atomic E-state index is 13.2. The normalized spacial score (nSPS) is 11.1. The van der Waals surface area contributed by atoms with Crippen molar-refractivity contribution in [2.75, 3.05) is 13.1 Å². The highest BCUT2D eigenvalue weighted by Gasteiger charge is 2.00. The molecular weight excluding hydrogens is 283 g/mol. The Kier molecular flexibility index (Phi) is 6.70. The Labute approximate surface area is 111 Å². The third-order valence-corrected chi connectivity index (χ3v) is 3.04. The first-order chi connectivity index (χ1) is 8.09. The monoisotopic (exact) mass is 302 g/mol. The molecule has 0 atom stereocenters. The van der Waals surface area contributed by atoms with Crippen LogP contribution in [-0.2, 0) is 6.54 Å². The lowest BCUT2D eigenvalue weighted by Crippen LogP contribution is -2.26. The third-order valence-electron chi connectivity index (χ3n) is 2.40. The molecule has 1 aromatic carbocycles. The number of benzene rings is 1. The van der Waals surface area contributed by atoms with Gasteiger partial charge in [-0.1, -0.05) is 19.9 Å². The van der Waals surface area contributed by atoms with Crippen LogP contribution in [0.4, 0.5) is 4.39 Å². The topological polar surface area (TPSA) is 24.1 Å². The van der Waals surface area contributed by atoms with Crippen LogP contribution in [-0.4, -0.2) is 19.1 Å². The average molecular weight is 303 g/mol. The Hall–Kier alpha value is -0.450. The summed E-state index contributed by atoms with van der Waals surface area (Å²) < 4.78 is 13.7. The summed E-state index contributed by atoms with van der Waals surface area (Å²) in [5, 5.41) is 6.65. The lowest BCUT2D eigenvalue weighted by molar-refractivity contribution is 0.546. The van der Waals surface area contributed by atoms with Gasteiger partial charge in [0.15, 0.2) is 0 Å². The molecular formula is C13H20BrFN2. The second kappa shape index (κ2) is 7.80. The van der Waals surface area contributed by atoms with Crippen molar-refractivity contribution in [1.82, 2.24) is 10.6 Å². The fraction of sp³-hybridized carbons (Fsp3) is 0.538. The van der Waals surface area contributed by atoms with E-state index in [0.29, 0.717) is 17.1 Å². The quantitative estimate of drug-likeness (QED) is 0.757. The van der Waals surface area contributed by atoms with Crippen molar-refractivity contribution >= 4 is 15.9 Å².